The molecule has 0 saturated heterocycles. The Bertz CT molecular complexity index is 842. The van der Waals surface area contributed by atoms with Gasteiger partial charge in [0.25, 0.3) is 5.91 Å². The summed E-state index contributed by atoms with van der Waals surface area (Å²) in [5.41, 5.74) is 2.83. The average Bonchev–Trinajstić information content (AvgIpc) is 2.58. The highest BCUT2D eigenvalue weighted by molar-refractivity contribution is 6.34. The number of carbonyl (C=O) groups is 1. The van der Waals surface area contributed by atoms with Crippen LogP contribution < -0.4 is 10.2 Å². The van der Waals surface area contributed by atoms with Crippen LogP contribution in [-0.2, 0) is 4.79 Å². The van der Waals surface area contributed by atoms with Crippen molar-refractivity contribution in [3.8, 4) is 5.75 Å². The first-order valence-electron chi connectivity index (χ1n) is 7.03. The molecule has 2 aromatic carbocycles. The second-order valence-corrected chi connectivity index (χ2v) is 5.28. The van der Waals surface area contributed by atoms with Gasteiger partial charge in [0, 0.05) is 11.6 Å². The zero-order valence-corrected chi connectivity index (χ0v) is 13.8. The molecule has 0 spiro atoms. The fourth-order valence-electron chi connectivity index (χ4n) is 1.89. The predicted octanol–water partition coefficient (Wildman–Crippen LogP) is 3.31. The van der Waals surface area contributed by atoms with Gasteiger partial charge in [-0.2, -0.15) is 5.10 Å². The number of rotatable bonds is 6. The number of halogens is 2. The normalized spacial score (nSPS) is 11.1. The van der Waals surface area contributed by atoms with Crippen LogP contribution in [0.5, 0.6) is 5.75 Å². The van der Waals surface area contributed by atoms with Crippen molar-refractivity contribution in [2.24, 2.45) is 5.10 Å². The van der Waals surface area contributed by atoms with E-state index in [1.165, 1.54) is 30.3 Å². The topological polar surface area (TPSA) is 93.8 Å². The predicted molar refractivity (Wildman–Crippen MR) is 90.4 cm³/mol. The SMILES string of the molecule is C/C(=N/NC(=O)COc1ccccc1[N+](=O)[O-])c1ccc(F)cc1Cl. The molecule has 0 radical (unpaired) electrons. The van der Waals surface area contributed by atoms with Crippen molar-refractivity contribution in [3.63, 3.8) is 0 Å². The third-order valence-electron chi connectivity index (χ3n) is 3.09. The summed E-state index contributed by atoms with van der Waals surface area (Å²) in [7, 11) is 0. The maximum atomic E-state index is 13.0. The van der Waals surface area contributed by atoms with E-state index in [1.807, 2.05) is 0 Å². The minimum absolute atomic E-state index is 0.0232. The molecule has 2 rings (SSSR count). The van der Waals surface area contributed by atoms with Crippen LogP contribution in [0.3, 0.4) is 0 Å². The summed E-state index contributed by atoms with van der Waals surface area (Å²) >= 11 is 5.91. The van der Waals surface area contributed by atoms with Gasteiger partial charge in [-0.3, -0.25) is 14.9 Å². The smallest absolute Gasteiger partial charge is 0.310 e. The number of amides is 1. The Morgan fingerprint density at radius 3 is 2.76 bits per heavy atom. The highest BCUT2D eigenvalue weighted by atomic mass is 35.5. The van der Waals surface area contributed by atoms with Gasteiger partial charge in [-0.15, -0.1) is 0 Å². The Labute approximate surface area is 147 Å². The zero-order valence-electron chi connectivity index (χ0n) is 13.0. The Hall–Kier alpha value is -3.00. The van der Waals surface area contributed by atoms with Crippen molar-refractivity contribution in [3.05, 3.63) is 69.0 Å². The molecule has 0 heterocycles. The molecular formula is C16H13ClFN3O4. The lowest BCUT2D eigenvalue weighted by Crippen LogP contribution is -2.25. The van der Waals surface area contributed by atoms with Crippen molar-refractivity contribution in [2.45, 2.75) is 6.92 Å². The van der Waals surface area contributed by atoms with E-state index in [0.717, 1.165) is 6.07 Å². The molecule has 0 atom stereocenters. The monoisotopic (exact) mass is 365 g/mol. The number of hydrazone groups is 1. The van der Waals surface area contributed by atoms with Gasteiger partial charge < -0.3 is 4.74 Å². The third-order valence-corrected chi connectivity index (χ3v) is 3.40. The highest BCUT2D eigenvalue weighted by Crippen LogP contribution is 2.25. The number of nitrogens with zero attached hydrogens (tertiary/aromatic N) is 2. The van der Waals surface area contributed by atoms with E-state index in [4.69, 9.17) is 16.3 Å². The first kappa shape index (κ1) is 18.3. The van der Waals surface area contributed by atoms with Crippen LogP contribution in [-0.4, -0.2) is 23.1 Å². The molecule has 0 fully saturated rings. The van der Waals surface area contributed by atoms with Crippen LogP contribution in [0.15, 0.2) is 47.6 Å². The lowest BCUT2D eigenvalue weighted by Gasteiger charge is -2.07. The minimum atomic E-state index is -0.615. The quantitative estimate of drug-likeness (QED) is 0.482. The van der Waals surface area contributed by atoms with Crippen molar-refractivity contribution in [1.82, 2.24) is 5.43 Å². The largest absolute Gasteiger partial charge is 0.477 e. The van der Waals surface area contributed by atoms with Crippen molar-refractivity contribution >= 4 is 28.9 Å². The second-order valence-electron chi connectivity index (χ2n) is 4.87. The fourth-order valence-corrected chi connectivity index (χ4v) is 2.20. The van der Waals surface area contributed by atoms with E-state index in [9.17, 15) is 19.3 Å². The molecule has 0 aromatic heterocycles. The van der Waals surface area contributed by atoms with Gasteiger partial charge in [0.2, 0.25) is 0 Å². The van der Waals surface area contributed by atoms with E-state index in [2.05, 4.69) is 10.5 Å². The maximum Gasteiger partial charge on any atom is 0.310 e. The van der Waals surface area contributed by atoms with Gasteiger partial charge in [0.15, 0.2) is 12.4 Å². The third kappa shape index (κ3) is 4.98. The summed E-state index contributed by atoms with van der Waals surface area (Å²) in [4.78, 5) is 22.0. The molecule has 0 saturated carbocycles. The Morgan fingerprint density at radius 1 is 1.36 bits per heavy atom. The molecule has 0 aliphatic rings. The van der Waals surface area contributed by atoms with E-state index < -0.39 is 23.3 Å². The molecule has 2 aromatic rings. The molecule has 0 aliphatic heterocycles. The van der Waals surface area contributed by atoms with Crippen LogP contribution in [0.4, 0.5) is 10.1 Å². The number of hydrogen-bond acceptors (Lipinski definition) is 5. The van der Waals surface area contributed by atoms with Crippen LogP contribution >= 0.6 is 11.6 Å². The summed E-state index contributed by atoms with van der Waals surface area (Å²) in [6.45, 7) is 1.13. The molecule has 1 N–H and O–H groups in total. The average molecular weight is 366 g/mol. The van der Waals surface area contributed by atoms with Crippen molar-refractivity contribution in [1.29, 1.82) is 0 Å². The molecule has 0 aliphatic carbocycles. The number of carbonyl (C=O) groups excluding carboxylic acids is 1. The van der Waals surface area contributed by atoms with Crippen LogP contribution in [0, 0.1) is 15.9 Å². The highest BCUT2D eigenvalue weighted by Gasteiger charge is 2.15. The second kappa shape index (κ2) is 8.20. The van der Waals surface area contributed by atoms with Crippen LogP contribution in [0.1, 0.15) is 12.5 Å². The number of nitrogens with one attached hydrogen (secondary N) is 1. The Balaban J connectivity index is 1.98. The lowest BCUT2D eigenvalue weighted by atomic mass is 10.1. The molecule has 7 nitrogen and oxygen atoms in total. The lowest BCUT2D eigenvalue weighted by molar-refractivity contribution is -0.385. The Kier molecular flexibility index (Phi) is 6.02. The van der Waals surface area contributed by atoms with Gasteiger partial charge >= 0.3 is 5.69 Å². The summed E-state index contributed by atoms with van der Waals surface area (Å²) < 4.78 is 18.2. The molecule has 130 valence electrons. The number of benzene rings is 2. The van der Waals surface area contributed by atoms with E-state index in [0.29, 0.717) is 11.3 Å². The van der Waals surface area contributed by atoms with E-state index >= 15 is 0 Å². The number of nitro benzene ring substituents is 1. The molecule has 0 unspecified atom stereocenters. The fraction of sp³-hybridized carbons (Fsp3) is 0.125. The summed E-state index contributed by atoms with van der Waals surface area (Å²) in [6.07, 6.45) is 0. The van der Waals surface area contributed by atoms with Crippen LogP contribution in [0.25, 0.3) is 0 Å². The number of para-hydroxylation sites is 2. The first-order chi connectivity index (χ1) is 11.9. The molecule has 0 bridgehead atoms. The van der Waals surface area contributed by atoms with E-state index in [-0.39, 0.29) is 16.5 Å². The van der Waals surface area contributed by atoms with Crippen molar-refractivity contribution < 1.29 is 18.8 Å². The summed E-state index contributed by atoms with van der Waals surface area (Å²) in [6, 6.07) is 9.50. The van der Waals surface area contributed by atoms with Gasteiger partial charge in [0.1, 0.15) is 5.82 Å². The van der Waals surface area contributed by atoms with E-state index in [1.54, 1.807) is 13.0 Å². The number of ether oxygens (including phenoxy) is 1. The molecule has 9 heteroatoms. The molecular weight excluding hydrogens is 353 g/mol. The van der Waals surface area contributed by atoms with Gasteiger partial charge in [0.05, 0.1) is 15.7 Å². The summed E-state index contributed by atoms with van der Waals surface area (Å²) in [5.74, 6) is -1.12. The van der Waals surface area contributed by atoms with Gasteiger partial charge in [-0.25, -0.2) is 9.82 Å². The first-order valence-corrected chi connectivity index (χ1v) is 7.41. The molecule has 25 heavy (non-hydrogen) atoms. The van der Waals surface area contributed by atoms with Crippen molar-refractivity contribution in [2.75, 3.05) is 6.61 Å². The zero-order chi connectivity index (χ0) is 18.4. The number of hydrogen-bond donors (Lipinski definition) is 1. The Morgan fingerprint density at radius 2 is 2.08 bits per heavy atom. The number of nitro groups is 1. The van der Waals surface area contributed by atoms with Gasteiger partial charge in [-0.05, 0) is 31.2 Å². The van der Waals surface area contributed by atoms with Gasteiger partial charge in [-0.1, -0.05) is 23.7 Å². The standard InChI is InChI=1S/C16H13ClFN3O4/c1-10(12-7-6-11(18)8-13(12)17)19-20-16(22)9-25-15-5-3-2-4-14(15)21(23)24/h2-8H,9H2,1H3,(H,20,22)/b19-10-. The minimum Gasteiger partial charge on any atom is -0.477 e. The maximum absolute atomic E-state index is 13.0. The molecule has 1 amide bonds. The summed E-state index contributed by atoms with van der Waals surface area (Å²) in [5, 5.41) is 14.9. The van der Waals surface area contributed by atoms with Crippen LogP contribution in [0.2, 0.25) is 5.02 Å².